The van der Waals surface area contributed by atoms with Gasteiger partial charge in [0, 0.05) is 17.1 Å². The van der Waals surface area contributed by atoms with Crippen LogP contribution in [0.5, 0.6) is 0 Å². The van der Waals surface area contributed by atoms with E-state index in [1.807, 2.05) is 0 Å². The Kier molecular flexibility index (Phi) is 6.06. The number of hydrogen-bond acceptors (Lipinski definition) is 2. The van der Waals surface area contributed by atoms with Gasteiger partial charge in [0.1, 0.15) is 0 Å². The van der Waals surface area contributed by atoms with Crippen molar-refractivity contribution >= 4 is 15.9 Å². The van der Waals surface area contributed by atoms with Crippen molar-refractivity contribution in [2.75, 3.05) is 6.54 Å². The molecular weight excluding hydrogens is 314 g/mol. The highest BCUT2D eigenvalue weighted by molar-refractivity contribution is 9.10. The van der Waals surface area contributed by atoms with Gasteiger partial charge in [0.25, 0.3) is 0 Å². The molecule has 0 radical (unpaired) electrons. The van der Waals surface area contributed by atoms with E-state index in [-0.39, 0.29) is 12.2 Å². The van der Waals surface area contributed by atoms with Crippen LogP contribution in [0.2, 0.25) is 0 Å². The highest BCUT2D eigenvalue weighted by Gasteiger charge is 2.24. The van der Waals surface area contributed by atoms with E-state index >= 15 is 0 Å². The van der Waals surface area contributed by atoms with Crippen molar-refractivity contribution in [2.45, 2.75) is 58.3 Å². The Morgan fingerprint density at radius 2 is 1.95 bits per heavy atom. The zero-order chi connectivity index (χ0) is 14.5. The third-order valence-corrected chi connectivity index (χ3v) is 4.34. The molecular formula is C17H26BrNO. The first kappa shape index (κ1) is 16.0. The SMILES string of the molecule is CC(C)CC(C)OC(CNC1CC1)c1ccccc1Br. The van der Waals surface area contributed by atoms with Crippen LogP contribution in [0.15, 0.2) is 28.7 Å². The number of nitrogens with one attached hydrogen (secondary N) is 1. The Morgan fingerprint density at radius 1 is 1.25 bits per heavy atom. The first-order valence-corrected chi connectivity index (χ1v) is 8.48. The lowest BCUT2D eigenvalue weighted by molar-refractivity contribution is -0.0131. The van der Waals surface area contributed by atoms with Crippen molar-refractivity contribution in [3.05, 3.63) is 34.3 Å². The van der Waals surface area contributed by atoms with Crippen molar-refractivity contribution in [2.24, 2.45) is 5.92 Å². The lowest BCUT2D eigenvalue weighted by Crippen LogP contribution is -2.28. The zero-order valence-electron chi connectivity index (χ0n) is 12.7. The van der Waals surface area contributed by atoms with Crippen LogP contribution in [0.25, 0.3) is 0 Å². The molecule has 1 aliphatic rings. The monoisotopic (exact) mass is 339 g/mol. The number of benzene rings is 1. The Balaban J connectivity index is 2.01. The molecule has 3 heteroatoms. The highest BCUT2D eigenvalue weighted by atomic mass is 79.9. The van der Waals surface area contributed by atoms with E-state index < -0.39 is 0 Å². The van der Waals surface area contributed by atoms with Crippen LogP contribution in [-0.2, 0) is 4.74 Å². The normalized spacial score (nSPS) is 18.2. The Morgan fingerprint density at radius 3 is 2.55 bits per heavy atom. The largest absolute Gasteiger partial charge is 0.369 e. The standard InChI is InChI=1S/C17H26BrNO/c1-12(2)10-13(3)20-17(11-19-14-8-9-14)15-6-4-5-7-16(15)18/h4-7,12-14,17,19H,8-11H2,1-3H3. The summed E-state index contributed by atoms with van der Waals surface area (Å²) in [7, 11) is 0. The van der Waals surface area contributed by atoms with Crippen LogP contribution in [0.4, 0.5) is 0 Å². The summed E-state index contributed by atoms with van der Waals surface area (Å²) >= 11 is 3.65. The molecule has 0 spiro atoms. The van der Waals surface area contributed by atoms with Crippen LogP contribution in [0.1, 0.15) is 51.7 Å². The van der Waals surface area contributed by atoms with E-state index in [9.17, 15) is 0 Å². The van der Waals surface area contributed by atoms with Gasteiger partial charge in [-0.3, -0.25) is 0 Å². The van der Waals surface area contributed by atoms with Crippen LogP contribution in [-0.4, -0.2) is 18.7 Å². The third-order valence-electron chi connectivity index (χ3n) is 3.62. The molecule has 1 aliphatic carbocycles. The fourth-order valence-corrected chi connectivity index (χ4v) is 3.07. The molecule has 1 fully saturated rings. The molecule has 20 heavy (non-hydrogen) atoms. The van der Waals surface area contributed by atoms with Gasteiger partial charge in [0.05, 0.1) is 12.2 Å². The van der Waals surface area contributed by atoms with Crippen LogP contribution in [0.3, 0.4) is 0 Å². The van der Waals surface area contributed by atoms with Crippen LogP contribution < -0.4 is 5.32 Å². The molecule has 0 aliphatic heterocycles. The molecule has 112 valence electrons. The lowest BCUT2D eigenvalue weighted by atomic mass is 10.1. The number of hydrogen-bond donors (Lipinski definition) is 1. The zero-order valence-corrected chi connectivity index (χ0v) is 14.3. The van der Waals surface area contributed by atoms with E-state index in [1.165, 1.54) is 18.4 Å². The van der Waals surface area contributed by atoms with E-state index in [4.69, 9.17) is 4.74 Å². The minimum absolute atomic E-state index is 0.125. The van der Waals surface area contributed by atoms with Gasteiger partial charge >= 0.3 is 0 Å². The minimum Gasteiger partial charge on any atom is -0.369 e. The Bertz CT molecular complexity index is 417. The van der Waals surface area contributed by atoms with E-state index in [0.29, 0.717) is 12.0 Å². The topological polar surface area (TPSA) is 21.3 Å². The maximum absolute atomic E-state index is 6.31. The molecule has 0 bridgehead atoms. The number of halogens is 1. The molecule has 2 rings (SSSR count). The van der Waals surface area contributed by atoms with Crippen LogP contribution in [0, 0.1) is 5.92 Å². The summed E-state index contributed by atoms with van der Waals surface area (Å²) in [4.78, 5) is 0. The molecule has 1 N–H and O–H groups in total. The highest BCUT2D eigenvalue weighted by Crippen LogP contribution is 2.29. The summed E-state index contributed by atoms with van der Waals surface area (Å²) in [6, 6.07) is 9.10. The van der Waals surface area contributed by atoms with Crippen molar-refractivity contribution in [1.29, 1.82) is 0 Å². The summed E-state index contributed by atoms with van der Waals surface area (Å²) in [5.41, 5.74) is 1.25. The summed E-state index contributed by atoms with van der Waals surface area (Å²) in [6.07, 6.45) is 4.13. The first-order valence-electron chi connectivity index (χ1n) is 7.69. The van der Waals surface area contributed by atoms with Gasteiger partial charge in [-0.05, 0) is 43.7 Å². The molecule has 2 nitrogen and oxygen atoms in total. The van der Waals surface area contributed by atoms with Gasteiger partial charge in [-0.15, -0.1) is 0 Å². The van der Waals surface area contributed by atoms with Gasteiger partial charge in [-0.1, -0.05) is 48.0 Å². The van der Waals surface area contributed by atoms with Crippen molar-refractivity contribution in [1.82, 2.24) is 5.32 Å². The second-order valence-corrected chi connectivity index (χ2v) is 7.12. The van der Waals surface area contributed by atoms with Crippen molar-refractivity contribution in [3.8, 4) is 0 Å². The lowest BCUT2D eigenvalue weighted by Gasteiger charge is -2.25. The molecule has 0 heterocycles. The van der Waals surface area contributed by atoms with Gasteiger partial charge in [-0.25, -0.2) is 0 Å². The quantitative estimate of drug-likeness (QED) is 0.741. The smallest absolute Gasteiger partial charge is 0.0963 e. The summed E-state index contributed by atoms with van der Waals surface area (Å²) in [5, 5.41) is 3.60. The minimum atomic E-state index is 0.125. The fraction of sp³-hybridized carbons (Fsp3) is 0.647. The van der Waals surface area contributed by atoms with Gasteiger partial charge in [0.15, 0.2) is 0 Å². The average Bonchev–Trinajstić information content (AvgIpc) is 3.18. The molecule has 1 aromatic rings. The average molecular weight is 340 g/mol. The summed E-state index contributed by atoms with van der Waals surface area (Å²) in [5.74, 6) is 0.668. The molecule has 0 saturated heterocycles. The summed E-state index contributed by atoms with van der Waals surface area (Å²) < 4.78 is 7.45. The predicted octanol–water partition coefficient (Wildman–Crippen LogP) is 4.69. The summed E-state index contributed by atoms with van der Waals surface area (Å²) in [6.45, 7) is 7.57. The molecule has 1 aromatic carbocycles. The molecule has 0 aromatic heterocycles. The van der Waals surface area contributed by atoms with Gasteiger partial charge in [0.2, 0.25) is 0 Å². The molecule has 2 unspecified atom stereocenters. The van der Waals surface area contributed by atoms with Crippen molar-refractivity contribution < 1.29 is 4.74 Å². The molecule has 0 amide bonds. The molecule has 2 atom stereocenters. The molecule has 1 saturated carbocycles. The Hall–Kier alpha value is -0.380. The number of rotatable bonds is 8. The predicted molar refractivity (Wildman–Crippen MR) is 87.9 cm³/mol. The van der Waals surface area contributed by atoms with Gasteiger partial charge in [-0.2, -0.15) is 0 Å². The maximum atomic E-state index is 6.31. The fourth-order valence-electron chi connectivity index (χ4n) is 2.53. The van der Waals surface area contributed by atoms with E-state index in [0.717, 1.165) is 17.4 Å². The van der Waals surface area contributed by atoms with E-state index in [2.05, 4.69) is 66.3 Å². The number of ether oxygens (including phenoxy) is 1. The van der Waals surface area contributed by atoms with Gasteiger partial charge < -0.3 is 10.1 Å². The third kappa shape index (κ3) is 5.19. The first-order chi connectivity index (χ1) is 9.56. The second-order valence-electron chi connectivity index (χ2n) is 6.27. The van der Waals surface area contributed by atoms with Crippen molar-refractivity contribution in [3.63, 3.8) is 0 Å². The van der Waals surface area contributed by atoms with Crippen LogP contribution >= 0.6 is 15.9 Å². The van der Waals surface area contributed by atoms with E-state index in [1.54, 1.807) is 0 Å². The maximum Gasteiger partial charge on any atom is 0.0963 e. The second kappa shape index (κ2) is 7.58. The Labute approximate surface area is 131 Å².